The van der Waals surface area contributed by atoms with Gasteiger partial charge in [-0.1, -0.05) is 78.0 Å². The molecule has 336 valence electrons. The largest absolute Gasteiger partial charge is 0.462 e. The van der Waals surface area contributed by atoms with Crippen LogP contribution in [0.4, 0.5) is 0 Å². The van der Waals surface area contributed by atoms with Crippen LogP contribution in [0.5, 0.6) is 0 Å². The molecule has 4 aliphatic carbocycles. The van der Waals surface area contributed by atoms with E-state index in [1.807, 2.05) is 41.5 Å². The first-order valence-corrected chi connectivity index (χ1v) is 23.2. The molecule has 10 nitrogen and oxygen atoms in total. The van der Waals surface area contributed by atoms with E-state index in [-0.39, 0.29) is 90.8 Å². The van der Waals surface area contributed by atoms with Gasteiger partial charge < -0.3 is 29.2 Å². The number of fused-ring (bicyclic) bond motifs is 2. The van der Waals surface area contributed by atoms with E-state index >= 15 is 0 Å². The van der Waals surface area contributed by atoms with E-state index in [2.05, 4.69) is 64.2 Å². The molecule has 0 radical (unpaired) electrons. The molecule has 0 aromatic rings. The molecule has 1 aliphatic heterocycles. The van der Waals surface area contributed by atoms with Gasteiger partial charge in [-0.25, -0.2) is 0 Å². The summed E-state index contributed by atoms with van der Waals surface area (Å²) in [5, 5.41) is 22.0. The number of esters is 4. The zero-order valence-corrected chi connectivity index (χ0v) is 38.2. The Morgan fingerprint density at radius 2 is 1.23 bits per heavy atom. The molecule has 1 saturated heterocycles. The Hall–Kier alpha value is -3.24. The maximum Gasteiger partial charge on any atom is 0.311 e. The van der Waals surface area contributed by atoms with Crippen LogP contribution in [0.2, 0.25) is 0 Å². The van der Waals surface area contributed by atoms with Crippen LogP contribution in [0, 0.1) is 58.2 Å². The van der Waals surface area contributed by atoms with Crippen molar-refractivity contribution in [2.45, 2.75) is 183 Å². The van der Waals surface area contributed by atoms with Gasteiger partial charge in [-0.3, -0.25) is 19.2 Å². The van der Waals surface area contributed by atoms with E-state index in [9.17, 15) is 29.4 Å². The van der Waals surface area contributed by atoms with Gasteiger partial charge in [0.25, 0.3) is 0 Å². The number of hydrogen-bond donors (Lipinski definition) is 2. The number of carbonyl (C=O) groups excluding carboxylic acids is 4. The summed E-state index contributed by atoms with van der Waals surface area (Å²) in [5.74, 6) is 0.0528. The fourth-order valence-electron chi connectivity index (χ4n) is 10.1. The maximum atomic E-state index is 13.2. The van der Waals surface area contributed by atoms with Gasteiger partial charge in [-0.15, -0.1) is 0 Å². The second-order valence-corrected chi connectivity index (χ2v) is 20.5. The number of aliphatic hydroxyl groups excluding tert-OH is 2. The van der Waals surface area contributed by atoms with Gasteiger partial charge in [0.05, 0.1) is 35.9 Å². The maximum absolute atomic E-state index is 13.2. The minimum atomic E-state index is -1.11. The minimum absolute atomic E-state index is 0.0194. The molecule has 5 aliphatic rings. The molecule has 10 heteroatoms. The number of carbonyl (C=O) groups is 4. The summed E-state index contributed by atoms with van der Waals surface area (Å²) >= 11 is 0. The number of aliphatic hydroxyl groups is 2. The molecule has 1 unspecified atom stereocenters. The highest BCUT2D eigenvalue weighted by atomic mass is 16.6. The average molecular weight is 837 g/mol. The molecular formula is C50H76O10. The number of hydrogen-bond acceptors (Lipinski definition) is 10. The Morgan fingerprint density at radius 3 is 1.73 bits per heavy atom. The fourth-order valence-corrected chi connectivity index (χ4v) is 10.1. The monoisotopic (exact) mass is 837 g/mol. The summed E-state index contributed by atoms with van der Waals surface area (Å²) in [7, 11) is 0. The van der Waals surface area contributed by atoms with Crippen molar-refractivity contribution < 1.29 is 48.3 Å². The quantitative estimate of drug-likeness (QED) is 0.107. The lowest BCUT2D eigenvalue weighted by atomic mass is 9.65. The Morgan fingerprint density at radius 1 is 0.733 bits per heavy atom. The summed E-state index contributed by atoms with van der Waals surface area (Å²) in [6, 6.07) is 0. The highest BCUT2D eigenvalue weighted by Crippen LogP contribution is 2.47. The molecule has 0 spiro atoms. The first kappa shape index (κ1) is 47.8. The molecule has 0 bridgehead atoms. The highest BCUT2D eigenvalue weighted by molar-refractivity contribution is 5.76. The lowest BCUT2D eigenvalue weighted by Crippen LogP contribution is -2.43. The van der Waals surface area contributed by atoms with Crippen LogP contribution in [0.25, 0.3) is 0 Å². The van der Waals surface area contributed by atoms with Crippen molar-refractivity contribution in [3.63, 3.8) is 0 Å². The Labute approximate surface area is 360 Å². The smallest absolute Gasteiger partial charge is 0.311 e. The van der Waals surface area contributed by atoms with Crippen LogP contribution in [0.3, 0.4) is 0 Å². The van der Waals surface area contributed by atoms with E-state index in [0.29, 0.717) is 38.5 Å². The molecule has 1 fully saturated rings. The van der Waals surface area contributed by atoms with Crippen molar-refractivity contribution in [1.29, 1.82) is 0 Å². The van der Waals surface area contributed by atoms with Gasteiger partial charge in [0, 0.05) is 18.3 Å². The fraction of sp³-hybridized carbons (Fsp3) is 0.760. The van der Waals surface area contributed by atoms with Crippen LogP contribution < -0.4 is 0 Å². The second-order valence-electron chi connectivity index (χ2n) is 20.5. The van der Waals surface area contributed by atoms with Gasteiger partial charge in [0.15, 0.2) is 0 Å². The van der Waals surface area contributed by atoms with Gasteiger partial charge in [-0.2, -0.15) is 0 Å². The van der Waals surface area contributed by atoms with Gasteiger partial charge in [0.1, 0.15) is 24.4 Å². The standard InChI is InChI=1S/C50H76O10/c1-11-49(7,8)47(55)59-41-23-29(3)21-33-15-13-31(5)39(45(33)41)19-17-35(51)25-36(52)26-43(53)58-38-27-37(57-44(54)28-38)18-20-40-32(6)14-16-34-22-30(4)24-42(46(34)40)60-48(56)50(9,10)12-2/h13-16,21-22,29-32,35-42,45-46,51-52H,11-12,17-20,23-28H2,1-10H3/t29-,30-,31-,32-,35+,36+,37?,38+,39-,40-,41-,42-,45-,46-/m0/s1. The normalized spacial score (nSPS) is 33.9. The van der Waals surface area contributed by atoms with Crippen molar-refractivity contribution in [3.05, 3.63) is 47.6 Å². The predicted molar refractivity (Wildman–Crippen MR) is 231 cm³/mol. The molecule has 0 amide bonds. The molecule has 60 heavy (non-hydrogen) atoms. The summed E-state index contributed by atoms with van der Waals surface area (Å²) in [5.41, 5.74) is 1.26. The summed E-state index contributed by atoms with van der Waals surface area (Å²) in [4.78, 5) is 52.3. The second kappa shape index (κ2) is 20.3. The Bertz CT molecular complexity index is 1650. The third-order valence-electron chi connectivity index (χ3n) is 14.7. The highest BCUT2D eigenvalue weighted by Gasteiger charge is 2.45. The SMILES string of the molecule is CCC(C)(C)C(=O)O[C@H]1C[C@@H](C)C=C2C=C[C@H](C)[C@H](CCC3C[C@@H](OC(=O)C[C@H](O)C[C@H](O)CC[C@@H]4[C@@H]5C(=C[C@H](C)C[C@@H]5OC(=O)C(C)(C)CC)C=C[C@@H]4C)CC(=O)O3)[C@H]21. The van der Waals surface area contributed by atoms with Crippen molar-refractivity contribution in [2.24, 2.45) is 58.2 Å². The average Bonchev–Trinajstić information content (AvgIpc) is 3.16. The zero-order valence-electron chi connectivity index (χ0n) is 38.2. The van der Waals surface area contributed by atoms with Gasteiger partial charge in [0.2, 0.25) is 0 Å². The molecule has 0 aromatic carbocycles. The third-order valence-corrected chi connectivity index (χ3v) is 14.7. The summed E-state index contributed by atoms with van der Waals surface area (Å²) < 4.78 is 24.0. The third kappa shape index (κ3) is 12.0. The molecule has 1 heterocycles. The van der Waals surface area contributed by atoms with Gasteiger partial charge >= 0.3 is 23.9 Å². The summed E-state index contributed by atoms with van der Waals surface area (Å²) in [6.45, 7) is 20.3. The molecule has 14 atom stereocenters. The molecule has 0 saturated carbocycles. The molecule has 2 N–H and O–H groups in total. The minimum Gasteiger partial charge on any atom is -0.462 e. The Kier molecular flexibility index (Phi) is 16.2. The van der Waals surface area contributed by atoms with Crippen molar-refractivity contribution in [1.82, 2.24) is 0 Å². The van der Waals surface area contributed by atoms with E-state index < -0.39 is 47.2 Å². The van der Waals surface area contributed by atoms with E-state index in [1.54, 1.807) is 0 Å². The molecule has 5 rings (SSSR count). The van der Waals surface area contributed by atoms with Crippen molar-refractivity contribution in [2.75, 3.05) is 0 Å². The predicted octanol–water partition coefficient (Wildman–Crippen LogP) is 9.17. The molecule has 0 aromatic heterocycles. The Balaban J connectivity index is 1.11. The molecular weight excluding hydrogens is 761 g/mol. The van der Waals surface area contributed by atoms with Crippen LogP contribution in [-0.4, -0.2) is 70.7 Å². The van der Waals surface area contributed by atoms with Crippen LogP contribution in [-0.2, 0) is 38.1 Å². The number of rotatable bonds is 17. The topological polar surface area (TPSA) is 146 Å². The first-order chi connectivity index (χ1) is 28.2. The number of cyclic esters (lactones) is 1. The zero-order chi connectivity index (χ0) is 44.1. The number of ether oxygens (including phenoxy) is 4. The van der Waals surface area contributed by atoms with E-state index in [0.717, 1.165) is 19.3 Å². The lowest BCUT2D eigenvalue weighted by Gasteiger charge is -2.44. The van der Waals surface area contributed by atoms with Crippen molar-refractivity contribution in [3.8, 4) is 0 Å². The van der Waals surface area contributed by atoms with E-state index in [1.165, 1.54) is 11.1 Å². The number of allylic oxidation sites excluding steroid dienone is 6. The van der Waals surface area contributed by atoms with Crippen molar-refractivity contribution >= 4 is 23.9 Å². The van der Waals surface area contributed by atoms with E-state index in [4.69, 9.17) is 18.9 Å². The lowest BCUT2D eigenvalue weighted by molar-refractivity contribution is -0.172. The van der Waals surface area contributed by atoms with Crippen LogP contribution in [0.15, 0.2) is 47.6 Å². The first-order valence-electron chi connectivity index (χ1n) is 23.2. The van der Waals surface area contributed by atoms with Crippen LogP contribution >= 0.6 is 0 Å². The van der Waals surface area contributed by atoms with Gasteiger partial charge in [-0.05, 0) is 132 Å². The summed E-state index contributed by atoms with van der Waals surface area (Å²) in [6.07, 6.45) is 15.2. The van der Waals surface area contributed by atoms with Crippen LogP contribution in [0.1, 0.15) is 146 Å².